The van der Waals surface area contributed by atoms with Gasteiger partial charge in [-0.3, -0.25) is 9.69 Å². The molecule has 0 saturated heterocycles. The van der Waals surface area contributed by atoms with Crippen LogP contribution >= 0.6 is 0 Å². The number of nitrogens with two attached hydrogens (primary N) is 1. The number of fused-ring (bicyclic) bond motifs is 1. The van der Waals surface area contributed by atoms with Crippen molar-refractivity contribution in [2.24, 2.45) is 5.73 Å². The summed E-state index contributed by atoms with van der Waals surface area (Å²) < 4.78 is 18.5. The third-order valence-electron chi connectivity index (χ3n) is 3.37. The van der Waals surface area contributed by atoms with Gasteiger partial charge < -0.3 is 10.5 Å². The summed E-state index contributed by atoms with van der Waals surface area (Å²) in [5.74, 6) is -0.0638. The smallest absolute Gasteiger partial charge is 0.253 e. The van der Waals surface area contributed by atoms with Gasteiger partial charge >= 0.3 is 0 Å². The fourth-order valence-corrected chi connectivity index (χ4v) is 2.38. The van der Waals surface area contributed by atoms with Crippen molar-refractivity contribution in [3.8, 4) is 5.75 Å². The van der Waals surface area contributed by atoms with Crippen LogP contribution in [0.1, 0.15) is 11.6 Å². The molecule has 1 unspecified atom stereocenters. The van der Waals surface area contributed by atoms with E-state index >= 15 is 0 Å². The van der Waals surface area contributed by atoms with Crippen LogP contribution in [0, 0.1) is 5.82 Å². The lowest BCUT2D eigenvalue weighted by Gasteiger charge is -2.18. The third-order valence-corrected chi connectivity index (χ3v) is 3.37. The van der Waals surface area contributed by atoms with Gasteiger partial charge in [-0.05, 0) is 24.3 Å². The molecule has 3 rings (SSSR count). The Bertz CT molecular complexity index is 687. The number of methoxy groups -OCH3 is 1. The molecular weight excluding hydrogens is 259 g/mol. The third kappa shape index (κ3) is 1.83. The van der Waals surface area contributed by atoms with Crippen LogP contribution in [-0.2, 0) is 4.79 Å². The highest BCUT2D eigenvalue weighted by Crippen LogP contribution is 2.41. The van der Waals surface area contributed by atoms with Gasteiger partial charge in [0.15, 0.2) is 0 Å². The van der Waals surface area contributed by atoms with Crippen molar-refractivity contribution < 1.29 is 13.9 Å². The van der Waals surface area contributed by atoms with E-state index in [9.17, 15) is 9.18 Å². The predicted octanol–water partition coefficient (Wildman–Crippen LogP) is 2.51. The van der Waals surface area contributed by atoms with Crippen LogP contribution in [0.4, 0.5) is 15.8 Å². The van der Waals surface area contributed by atoms with Gasteiger partial charge in [0.05, 0.1) is 18.5 Å². The molecule has 2 aromatic rings. The van der Waals surface area contributed by atoms with Crippen molar-refractivity contribution in [1.29, 1.82) is 0 Å². The first-order chi connectivity index (χ1) is 9.61. The van der Waals surface area contributed by atoms with Gasteiger partial charge in [-0.2, -0.15) is 0 Å². The van der Waals surface area contributed by atoms with E-state index in [1.54, 1.807) is 37.4 Å². The maximum atomic E-state index is 13.4. The molecule has 0 bridgehead atoms. The second-order valence-corrected chi connectivity index (χ2v) is 4.56. The number of hydrogen-bond donors (Lipinski definition) is 1. The van der Waals surface area contributed by atoms with Crippen molar-refractivity contribution in [3.63, 3.8) is 0 Å². The maximum absolute atomic E-state index is 13.4. The first-order valence-electron chi connectivity index (χ1n) is 6.15. The summed E-state index contributed by atoms with van der Waals surface area (Å²) >= 11 is 0. The lowest BCUT2D eigenvalue weighted by molar-refractivity contribution is -0.118. The summed E-state index contributed by atoms with van der Waals surface area (Å²) in [5, 5.41) is 0. The van der Waals surface area contributed by atoms with E-state index in [0.29, 0.717) is 22.7 Å². The minimum absolute atomic E-state index is 0.279. The number of rotatable bonds is 2. The Kier molecular flexibility index (Phi) is 2.91. The minimum atomic E-state index is -0.737. The molecule has 0 aromatic heterocycles. The van der Waals surface area contributed by atoms with Gasteiger partial charge in [-0.15, -0.1) is 0 Å². The van der Waals surface area contributed by atoms with Gasteiger partial charge in [0.25, 0.3) is 5.91 Å². The molecule has 1 amide bonds. The first kappa shape index (κ1) is 12.6. The number of carbonyl (C=O) groups excluding carboxylic acids is 1. The Labute approximate surface area is 115 Å². The fourth-order valence-electron chi connectivity index (χ4n) is 2.38. The summed E-state index contributed by atoms with van der Waals surface area (Å²) in [5.41, 5.74) is 7.72. The Morgan fingerprint density at radius 2 is 2.05 bits per heavy atom. The van der Waals surface area contributed by atoms with Gasteiger partial charge in [0, 0.05) is 11.6 Å². The van der Waals surface area contributed by atoms with Crippen LogP contribution in [0.5, 0.6) is 5.75 Å². The quantitative estimate of drug-likeness (QED) is 0.914. The minimum Gasteiger partial charge on any atom is -0.497 e. The summed E-state index contributed by atoms with van der Waals surface area (Å²) in [6, 6.07) is 10.4. The zero-order valence-corrected chi connectivity index (χ0v) is 10.8. The van der Waals surface area contributed by atoms with Crippen LogP contribution in [0.15, 0.2) is 42.5 Å². The molecule has 0 aliphatic carbocycles. The molecular formula is C15H13FN2O2. The number of ether oxygens (including phenoxy) is 1. The molecule has 0 radical (unpaired) electrons. The molecule has 0 saturated carbocycles. The maximum Gasteiger partial charge on any atom is 0.253 e. The summed E-state index contributed by atoms with van der Waals surface area (Å²) in [4.78, 5) is 13.7. The molecule has 1 aliphatic heterocycles. The normalized spacial score (nSPS) is 17.2. The van der Waals surface area contributed by atoms with Gasteiger partial charge in [-0.25, -0.2) is 4.39 Å². The van der Waals surface area contributed by atoms with E-state index in [1.165, 1.54) is 17.0 Å². The lowest BCUT2D eigenvalue weighted by atomic mass is 10.1. The van der Waals surface area contributed by atoms with Gasteiger partial charge in [-0.1, -0.05) is 12.1 Å². The topological polar surface area (TPSA) is 55.6 Å². The molecule has 1 heterocycles. The van der Waals surface area contributed by atoms with Crippen molar-refractivity contribution in [3.05, 3.63) is 53.8 Å². The molecule has 0 spiro atoms. The number of anilines is 2. The Morgan fingerprint density at radius 1 is 1.25 bits per heavy atom. The summed E-state index contributed by atoms with van der Waals surface area (Å²) in [7, 11) is 1.55. The van der Waals surface area contributed by atoms with E-state index in [0.717, 1.165) is 0 Å². The standard InChI is InChI=1S/C15H13FN2O2/c1-20-11-5-6-12-13(8-11)18(15(19)14(12)17)10-4-2-3-9(16)7-10/h2-8,14H,17H2,1H3. The Balaban J connectivity index is 2.16. The molecule has 5 heteroatoms. The van der Waals surface area contributed by atoms with Crippen LogP contribution < -0.4 is 15.4 Å². The number of amides is 1. The largest absolute Gasteiger partial charge is 0.497 e. The van der Waals surface area contributed by atoms with Crippen LogP contribution in [0.2, 0.25) is 0 Å². The zero-order chi connectivity index (χ0) is 14.3. The van der Waals surface area contributed by atoms with Gasteiger partial charge in [0.1, 0.15) is 17.6 Å². The molecule has 0 fully saturated rings. The molecule has 4 nitrogen and oxygen atoms in total. The summed E-state index contributed by atoms with van der Waals surface area (Å²) in [6.07, 6.45) is 0. The second kappa shape index (κ2) is 4.61. The monoisotopic (exact) mass is 272 g/mol. The van der Waals surface area contributed by atoms with Crippen LogP contribution in [0.3, 0.4) is 0 Å². The van der Waals surface area contributed by atoms with E-state index in [1.807, 2.05) is 0 Å². The zero-order valence-electron chi connectivity index (χ0n) is 10.8. The number of benzene rings is 2. The highest BCUT2D eigenvalue weighted by Gasteiger charge is 2.36. The molecule has 2 aromatic carbocycles. The van der Waals surface area contributed by atoms with E-state index in [2.05, 4.69) is 0 Å². The van der Waals surface area contributed by atoms with Crippen molar-refractivity contribution in [1.82, 2.24) is 0 Å². The predicted molar refractivity (Wildman–Crippen MR) is 73.5 cm³/mol. The average molecular weight is 272 g/mol. The molecule has 102 valence electrons. The highest BCUT2D eigenvalue weighted by molar-refractivity contribution is 6.10. The van der Waals surface area contributed by atoms with Crippen molar-refractivity contribution in [2.75, 3.05) is 12.0 Å². The molecule has 1 aliphatic rings. The SMILES string of the molecule is COc1ccc2c(c1)N(c1cccc(F)c1)C(=O)C2N. The number of halogens is 1. The highest BCUT2D eigenvalue weighted by atomic mass is 19.1. The summed E-state index contributed by atoms with van der Waals surface area (Å²) in [6.45, 7) is 0. The first-order valence-corrected chi connectivity index (χ1v) is 6.15. The Hall–Kier alpha value is -2.40. The molecule has 20 heavy (non-hydrogen) atoms. The van der Waals surface area contributed by atoms with E-state index in [-0.39, 0.29) is 5.91 Å². The number of nitrogens with zero attached hydrogens (tertiary/aromatic N) is 1. The lowest BCUT2D eigenvalue weighted by Crippen LogP contribution is -2.27. The van der Waals surface area contributed by atoms with E-state index in [4.69, 9.17) is 10.5 Å². The fraction of sp³-hybridized carbons (Fsp3) is 0.133. The van der Waals surface area contributed by atoms with Crippen LogP contribution in [-0.4, -0.2) is 13.0 Å². The second-order valence-electron chi connectivity index (χ2n) is 4.56. The van der Waals surface area contributed by atoms with Gasteiger partial charge in [0.2, 0.25) is 0 Å². The number of carbonyl (C=O) groups is 1. The average Bonchev–Trinajstić information content (AvgIpc) is 2.70. The molecule has 2 N–H and O–H groups in total. The molecule has 1 atom stereocenters. The van der Waals surface area contributed by atoms with E-state index < -0.39 is 11.9 Å². The number of hydrogen-bond acceptors (Lipinski definition) is 3. The Morgan fingerprint density at radius 3 is 2.75 bits per heavy atom. The van der Waals surface area contributed by atoms with Crippen LogP contribution in [0.25, 0.3) is 0 Å². The van der Waals surface area contributed by atoms with Crippen molar-refractivity contribution in [2.45, 2.75) is 6.04 Å². The van der Waals surface area contributed by atoms with Crippen molar-refractivity contribution >= 4 is 17.3 Å².